The normalized spacial score (nSPS) is 27.2. The molecule has 2 aliphatic rings. The Bertz CT molecular complexity index is 377. The highest BCUT2D eigenvalue weighted by Crippen LogP contribution is 2.21. The van der Waals surface area contributed by atoms with Gasteiger partial charge in [0.05, 0.1) is 5.75 Å². The highest BCUT2D eigenvalue weighted by Gasteiger charge is 2.32. The van der Waals surface area contributed by atoms with Gasteiger partial charge in [0.15, 0.2) is 0 Å². The summed E-state index contributed by atoms with van der Waals surface area (Å²) in [6, 6.07) is 0.383. The first-order chi connectivity index (χ1) is 8.99. The maximum absolute atomic E-state index is 12.3. The zero-order chi connectivity index (χ0) is 13.9. The molecule has 2 heterocycles. The molecule has 1 N–H and O–H groups in total. The van der Waals surface area contributed by atoms with E-state index in [2.05, 4.69) is 10.2 Å². The summed E-state index contributed by atoms with van der Waals surface area (Å²) in [6.07, 6.45) is 4.03. The minimum absolute atomic E-state index is 0.331. The SMILES string of the molecule is CN(C)C1CCN(S(=O)(=O)CCC2CCNCC2)C1. The Kier molecular flexibility index (Phi) is 5.22. The van der Waals surface area contributed by atoms with Gasteiger partial charge in [-0.3, -0.25) is 0 Å². The molecule has 0 spiro atoms. The van der Waals surface area contributed by atoms with Crippen LogP contribution in [0.4, 0.5) is 0 Å². The molecule has 2 aliphatic heterocycles. The molecule has 112 valence electrons. The van der Waals surface area contributed by atoms with Crippen molar-refractivity contribution in [1.29, 1.82) is 0 Å². The predicted octanol–water partition coefficient (Wildman–Crippen LogP) is 0.342. The molecule has 19 heavy (non-hydrogen) atoms. The van der Waals surface area contributed by atoms with E-state index in [-0.39, 0.29) is 0 Å². The topological polar surface area (TPSA) is 52.7 Å². The molecule has 0 aromatic carbocycles. The average Bonchev–Trinajstić information content (AvgIpc) is 2.88. The van der Waals surface area contributed by atoms with Crippen LogP contribution >= 0.6 is 0 Å². The molecule has 0 saturated carbocycles. The summed E-state index contributed by atoms with van der Waals surface area (Å²) in [5.74, 6) is 0.918. The van der Waals surface area contributed by atoms with Gasteiger partial charge in [0.1, 0.15) is 0 Å². The van der Waals surface area contributed by atoms with E-state index in [4.69, 9.17) is 0 Å². The van der Waals surface area contributed by atoms with E-state index in [0.29, 0.717) is 30.8 Å². The van der Waals surface area contributed by atoms with Crippen LogP contribution in [0.25, 0.3) is 0 Å². The van der Waals surface area contributed by atoms with E-state index >= 15 is 0 Å². The second-order valence-electron chi connectivity index (χ2n) is 6.06. The first kappa shape index (κ1) is 15.2. The summed E-state index contributed by atoms with van der Waals surface area (Å²) in [5, 5.41) is 3.32. The monoisotopic (exact) mass is 289 g/mol. The first-order valence-corrected chi connectivity index (χ1v) is 8.95. The van der Waals surface area contributed by atoms with Gasteiger partial charge in [0.2, 0.25) is 10.0 Å². The van der Waals surface area contributed by atoms with E-state index in [0.717, 1.165) is 38.8 Å². The minimum Gasteiger partial charge on any atom is -0.317 e. The Balaban J connectivity index is 1.81. The van der Waals surface area contributed by atoms with Crippen molar-refractivity contribution in [3.8, 4) is 0 Å². The van der Waals surface area contributed by atoms with E-state index in [1.807, 2.05) is 14.1 Å². The second-order valence-corrected chi connectivity index (χ2v) is 8.15. The van der Waals surface area contributed by atoms with Crippen molar-refractivity contribution in [2.75, 3.05) is 46.0 Å². The van der Waals surface area contributed by atoms with Gasteiger partial charge in [0.25, 0.3) is 0 Å². The maximum Gasteiger partial charge on any atom is 0.214 e. The fourth-order valence-corrected chi connectivity index (χ4v) is 4.67. The third-order valence-corrected chi connectivity index (χ3v) is 6.36. The van der Waals surface area contributed by atoms with Gasteiger partial charge in [-0.25, -0.2) is 12.7 Å². The molecule has 2 fully saturated rings. The molecule has 6 heteroatoms. The highest BCUT2D eigenvalue weighted by molar-refractivity contribution is 7.89. The Morgan fingerprint density at radius 2 is 1.89 bits per heavy atom. The van der Waals surface area contributed by atoms with Crippen molar-refractivity contribution < 1.29 is 8.42 Å². The molecule has 0 aromatic rings. The Morgan fingerprint density at radius 3 is 2.47 bits per heavy atom. The van der Waals surface area contributed by atoms with Crippen LogP contribution in [0.2, 0.25) is 0 Å². The number of rotatable bonds is 5. The second kappa shape index (κ2) is 6.52. The van der Waals surface area contributed by atoms with Crippen LogP contribution in [0.5, 0.6) is 0 Å². The van der Waals surface area contributed by atoms with Gasteiger partial charge in [-0.2, -0.15) is 0 Å². The molecule has 2 rings (SSSR count). The highest BCUT2D eigenvalue weighted by atomic mass is 32.2. The number of hydrogen-bond acceptors (Lipinski definition) is 4. The molecular formula is C13H27N3O2S. The van der Waals surface area contributed by atoms with Gasteiger partial charge in [-0.1, -0.05) is 0 Å². The summed E-state index contributed by atoms with van der Waals surface area (Å²) in [4.78, 5) is 2.13. The fourth-order valence-electron chi connectivity index (χ4n) is 3.00. The van der Waals surface area contributed by atoms with Gasteiger partial charge in [-0.05, 0) is 58.8 Å². The van der Waals surface area contributed by atoms with E-state index in [1.54, 1.807) is 4.31 Å². The lowest BCUT2D eigenvalue weighted by atomic mass is 9.96. The standard InChI is InChI=1S/C13H27N3O2S/c1-15(2)13-5-9-16(11-13)19(17,18)10-6-12-3-7-14-8-4-12/h12-14H,3-11H2,1-2H3. The number of sulfonamides is 1. The summed E-state index contributed by atoms with van der Waals surface area (Å²) in [5.41, 5.74) is 0. The number of piperidine rings is 1. The van der Waals surface area contributed by atoms with Crippen molar-refractivity contribution in [1.82, 2.24) is 14.5 Å². The molecule has 2 saturated heterocycles. The van der Waals surface area contributed by atoms with Gasteiger partial charge >= 0.3 is 0 Å². The summed E-state index contributed by atoms with van der Waals surface area (Å²) in [7, 11) is 1.01. The smallest absolute Gasteiger partial charge is 0.214 e. The summed E-state index contributed by atoms with van der Waals surface area (Å²) >= 11 is 0. The largest absolute Gasteiger partial charge is 0.317 e. The Hall–Kier alpha value is -0.170. The molecule has 0 radical (unpaired) electrons. The van der Waals surface area contributed by atoms with Crippen LogP contribution < -0.4 is 5.32 Å². The summed E-state index contributed by atoms with van der Waals surface area (Å²) < 4.78 is 26.4. The Labute approximate surface area is 117 Å². The quantitative estimate of drug-likeness (QED) is 0.793. The van der Waals surface area contributed by atoms with Crippen LogP contribution in [0.15, 0.2) is 0 Å². The van der Waals surface area contributed by atoms with Crippen molar-refractivity contribution in [2.45, 2.75) is 31.7 Å². The van der Waals surface area contributed by atoms with Gasteiger partial charge in [0, 0.05) is 19.1 Å². The number of nitrogens with zero attached hydrogens (tertiary/aromatic N) is 2. The summed E-state index contributed by atoms with van der Waals surface area (Å²) in [6.45, 7) is 3.44. The molecule has 0 amide bonds. The first-order valence-electron chi connectivity index (χ1n) is 7.34. The van der Waals surface area contributed by atoms with Gasteiger partial charge < -0.3 is 10.2 Å². The van der Waals surface area contributed by atoms with Crippen molar-refractivity contribution in [2.24, 2.45) is 5.92 Å². The lowest BCUT2D eigenvalue weighted by molar-refractivity contribution is 0.301. The molecule has 1 atom stereocenters. The maximum atomic E-state index is 12.3. The molecular weight excluding hydrogens is 262 g/mol. The zero-order valence-corrected chi connectivity index (χ0v) is 13.0. The van der Waals surface area contributed by atoms with E-state index < -0.39 is 10.0 Å². The van der Waals surface area contributed by atoms with Gasteiger partial charge in [-0.15, -0.1) is 0 Å². The predicted molar refractivity (Wildman–Crippen MR) is 77.7 cm³/mol. The third-order valence-electron chi connectivity index (χ3n) is 4.49. The number of nitrogens with one attached hydrogen (secondary N) is 1. The molecule has 5 nitrogen and oxygen atoms in total. The number of likely N-dealkylation sites (N-methyl/N-ethyl adjacent to an activating group) is 1. The van der Waals surface area contributed by atoms with Crippen molar-refractivity contribution in [3.63, 3.8) is 0 Å². The zero-order valence-electron chi connectivity index (χ0n) is 12.1. The molecule has 1 unspecified atom stereocenters. The van der Waals surface area contributed by atoms with Crippen molar-refractivity contribution in [3.05, 3.63) is 0 Å². The third kappa shape index (κ3) is 4.15. The van der Waals surface area contributed by atoms with Crippen LogP contribution in [0.3, 0.4) is 0 Å². The molecule has 0 bridgehead atoms. The Morgan fingerprint density at radius 1 is 1.21 bits per heavy atom. The van der Waals surface area contributed by atoms with Crippen molar-refractivity contribution >= 4 is 10.0 Å². The molecule has 0 aliphatic carbocycles. The van der Waals surface area contributed by atoms with E-state index in [1.165, 1.54) is 0 Å². The molecule has 0 aromatic heterocycles. The van der Waals surface area contributed by atoms with E-state index in [9.17, 15) is 8.42 Å². The number of hydrogen-bond donors (Lipinski definition) is 1. The lowest BCUT2D eigenvalue weighted by Gasteiger charge is -2.24. The van der Waals surface area contributed by atoms with Crippen LogP contribution in [0.1, 0.15) is 25.7 Å². The van der Waals surface area contributed by atoms with Crippen LogP contribution in [-0.2, 0) is 10.0 Å². The lowest BCUT2D eigenvalue weighted by Crippen LogP contribution is -2.36. The van der Waals surface area contributed by atoms with Crippen LogP contribution in [0, 0.1) is 5.92 Å². The van der Waals surface area contributed by atoms with Crippen LogP contribution in [-0.4, -0.2) is 69.7 Å². The fraction of sp³-hybridized carbons (Fsp3) is 1.00. The minimum atomic E-state index is -3.04. The average molecular weight is 289 g/mol.